The van der Waals surface area contributed by atoms with E-state index in [1.54, 1.807) is 0 Å². The Morgan fingerprint density at radius 2 is 0.571 bits per heavy atom. The highest BCUT2D eigenvalue weighted by Crippen LogP contribution is 2.15. The summed E-state index contributed by atoms with van der Waals surface area (Å²) in [5, 5.41) is 0. The van der Waals surface area contributed by atoms with Crippen LogP contribution in [0.4, 0.5) is 0 Å². The maximum atomic E-state index is 1.50. The molecule has 0 aromatic carbocycles. The van der Waals surface area contributed by atoms with Gasteiger partial charge >= 0.3 is 0 Å². The van der Waals surface area contributed by atoms with Crippen LogP contribution in [-0.2, 0) is 0 Å². The monoisotopic (exact) mass is 212 g/mol. The lowest BCUT2D eigenvalue weighted by molar-refractivity contribution is 0.504. The summed E-state index contributed by atoms with van der Waals surface area (Å²) >= 11 is 0. The van der Waals surface area contributed by atoms with E-state index in [4.69, 9.17) is 0 Å². The molecule has 0 atom stereocenters. The predicted octanol–water partition coefficient (Wildman–Crippen LogP) is 2.96. The molecule has 7 heavy (non-hydrogen) atoms. The zero-order valence-electron chi connectivity index (χ0n) is 4.65. The third kappa shape index (κ3) is 3.32. The van der Waals surface area contributed by atoms with E-state index >= 15 is 0 Å². The van der Waals surface area contributed by atoms with Gasteiger partial charge in [0, 0.05) is 0 Å². The maximum Gasteiger partial charge on any atom is -0.0533 e. The fourth-order valence-corrected chi connectivity index (χ4v) is 1.06. The minimum Gasteiger partial charge on any atom is -0.107 e. The summed E-state index contributed by atoms with van der Waals surface area (Å²) in [4.78, 5) is 0. The Hall–Kier alpha value is 0.730. The van der Waals surface area contributed by atoms with Crippen LogP contribution in [-0.4, -0.2) is 0 Å². The first-order valence-electron chi connectivity index (χ1n) is 3.00. The molecule has 1 rings (SSSR count). The van der Waals surface area contributed by atoms with Crippen molar-refractivity contribution in [3.63, 3.8) is 0 Å². The molecule has 0 bridgehead atoms. The molecule has 0 amide bonds. The van der Waals surface area contributed by atoms with Crippen LogP contribution in [0, 0.1) is 0 Å². The molecule has 1 saturated carbocycles. The molecule has 44 valence electrons. The zero-order chi connectivity index (χ0) is 4.24. The van der Waals surface area contributed by atoms with Crippen LogP contribution in [0.5, 0.6) is 0 Å². The van der Waals surface area contributed by atoms with Gasteiger partial charge < -0.3 is 0 Å². The lowest BCUT2D eigenvalue weighted by Gasteiger charge is -2.05. The summed E-state index contributed by atoms with van der Waals surface area (Å²) in [5.41, 5.74) is 0. The summed E-state index contributed by atoms with van der Waals surface area (Å²) in [6, 6.07) is 0. The standard InChI is InChI=1S/C6H12.HI/c1-2-4-6-5-3-1;/h1-6H2;1H. The van der Waals surface area contributed by atoms with Crippen LogP contribution >= 0.6 is 24.0 Å². The van der Waals surface area contributed by atoms with Gasteiger partial charge in [0.15, 0.2) is 0 Å². The molecule has 1 heteroatoms. The van der Waals surface area contributed by atoms with Crippen molar-refractivity contribution < 1.29 is 0 Å². The van der Waals surface area contributed by atoms with Crippen molar-refractivity contribution in [3.8, 4) is 0 Å². The van der Waals surface area contributed by atoms with Crippen LogP contribution < -0.4 is 0 Å². The van der Waals surface area contributed by atoms with Crippen molar-refractivity contribution in [2.24, 2.45) is 0 Å². The molecular weight excluding hydrogens is 199 g/mol. The van der Waals surface area contributed by atoms with E-state index in [0.29, 0.717) is 0 Å². The van der Waals surface area contributed by atoms with E-state index < -0.39 is 0 Å². The predicted molar refractivity (Wildman–Crippen MR) is 43.1 cm³/mol. The van der Waals surface area contributed by atoms with Gasteiger partial charge in [0.05, 0.1) is 0 Å². The van der Waals surface area contributed by atoms with Crippen molar-refractivity contribution in [1.29, 1.82) is 0 Å². The zero-order valence-corrected chi connectivity index (χ0v) is 6.98. The molecule has 0 saturated heterocycles. The normalized spacial score (nSPS) is 20.6. The third-order valence-corrected chi connectivity index (χ3v) is 1.50. The molecule has 1 aliphatic rings. The molecule has 0 heterocycles. The Labute approximate surface area is 62.7 Å². The third-order valence-electron chi connectivity index (χ3n) is 1.50. The second-order valence-corrected chi connectivity index (χ2v) is 2.12. The van der Waals surface area contributed by atoms with Gasteiger partial charge in [-0.15, -0.1) is 24.0 Å². The summed E-state index contributed by atoms with van der Waals surface area (Å²) < 4.78 is 0. The van der Waals surface area contributed by atoms with Crippen molar-refractivity contribution in [2.75, 3.05) is 0 Å². The fraction of sp³-hybridized carbons (Fsp3) is 1.00. The van der Waals surface area contributed by atoms with Crippen LogP contribution in [0.25, 0.3) is 0 Å². The van der Waals surface area contributed by atoms with Crippen LogP contribution in [0.2, 0.25) is 0 Å². The van der Waals surface area contributed by atoms with Gasteiger partial charge in [0.25, 0.3) is 0 Å². The minimum absolute atomic E-state index is 0. The Morgan fingerprint density at radius 1 is 0.429 bits per heavy atom. The molecule has 0 aromatic heterocycles. The largest absolute Gasteiger partial charge is 0.107 e. The number of halogens is 1. The summed E-state index contributed by atoms with van der Waals surface area (Å²) in [7, 11) is 0. The summed E-state index contributed by atoms with van der Waals surface area (Å²) in [5.74, 6) is 0. The molecule has 0 aliphatic heterocycles. The number of rotatable bonds is 0. The second kappa shape index (κ2) is 4.88. The average Bonchev–Trinajstić information content (AvgIpc) is 1.72. The van der Waals surface area contributed by atoms with Gasteiger partial charge in [-0.3, -0.25) is 0 Å². The lowest BCUT2D eigenvalue weighted by atomic mass is 10.0. The van der Waals surface area contributed by atoms with E-state index in [2.05, 4.69) is 0 Å². The van der Waals surface area contributed by atoms with Gasteiger partial charge in [0.2, 0.25) is 0 Å². The summed E-state index contributed by atoms with van der Waals surface area (Å²) in [6.45, 7) is 0. The van der Waals surface area contributed by atoms with Crippen LogP contribution in [0.3, 0.4) is 0 Å². The Kier molecular flexibility index (Phi) is 5.39. The molecule has 1 fully saturated rings. The van der Waals surface area contributed by atoms with E-state index in [-0.39, 0.29) is 24.0 Å². The van der Waals surface area contributed by atoms with Gasteiger partial charge in [-0.05, 0) is 0 Å². The molecule has 0 aromatic rings. The van der Waals surface area contributed by atoms with Crippen molar-refractivity contribution >= 4 is 24.0 Å². The fourth-order valence-electron chi connectivity index (χ4n) is 1.06. The molecule has 0 spiro atoms. The highest BCUT2D eigenvalue weighted by molar-refractivity contribution is 14.0. The highest BCUT2D eigenvalue weighted by atomic mass is 127. The molecule has 1 aliphatic carbocycles. The molecule has 0 radical (unpaired) electrons. The van der Waals surface area contributed by atoms with Crippen molar-refractivity contribution in [3.05, 3.63) is 0 Å². The average molecular weight is 212 g/mol. The summed E-state index contributed by atoms with van der Waals surface area (Å²) in [6.07, 6.45) is 9.00. The van der Waals surface area contributed by atoms with Crippen LogP contribution in [0.15, 0.2) is 0 Å². The molecule has 0 N–H and O–H groups in total. The first-order chi connectivity index (χ1) is 3.00. The maximum absolute atomic E-state index is 1.50. The van der Waals surface area contributed by atoms with E-state index in [0.717, 1.165) is 0 Å². The first-order valence-corrected chi connectivity index (χ1v) is 3.00. The molecule has 0 unspecified atom stereocenters. The van der Waals surface area contributed by atoms with Crippen molar-refractivity contribution in [1.82, 2.24) is 0 Å². The smallest absolute Gasteiger partial charge is 0.0533 e. The van der Waals surface area contributed by atoms with E-state index in [9.17, 15) is 0 Å². The topological polar surface area (TPSA) is 0 Å². The molecular formula is C6H13I. The SMILES string of the molecule is C1CCCCC1.I. The van der Waals surface area contributed by atoms with Gasteiger partial charge in [0.1, 0.15) is 0 Å². The second-order valence-electron chi connectivity index (χ2n) is 2.12. The van der Waals surface area contributed by atoms with E-state index in [1.165, 1.54) is 38.5 Å². The quantitative estimate of drug-likeness (QED) is 0.541. The first kappa shape index (κ1) is 7.73. The van der Waals surface area contributed by atoms with Gasteiger partial charge in [-0.25, -0.2) is 0 Å². The highest BCUT2D eigenvalue weighted by Gasteiger charge is 1.95. The van der Waals surface area contributed by atoms with Gasteiger partial charge in [-0.2, -0.15) is 0 Å². The number of hydrogen-bond acceptors (Lipinski definition) is 0. The number of hydrogen-bond donors (Lipinski definition) is 0. The van der Waals surface area contributed by atoms with Gasteiger partial charge in [-0.1, -0.05) is 38.5 Å². The lowest BCUT2D eigenvalue weighted by Crippen LogP contribution is -1.85. The minimum atomic E-state index is 0. The Morgan fingerprint density at radius 3 is 0.714 bits per heavy atom. The molecule has 0 nitrogen and oxygen atoms in total. The Bertz CT molecular complexity index is 19.7. The Balaban J connectivity index is 0.000000360. The van der Waals surface area contributed by atoms with E-state index in [1.807, 2.05) is 0 Å². The van der Waals surface area contributed by atoms with Crippen LogP contribution in [0.1, 0.15) is 38.5 Å². The van der Waals surface area contributed by atoms with Crippen molar-refractivity contribution in [2.45, 2.75) is 38.5 Å².